The van der Waals surface area contributed by atoms with Crippen LogP contribution in [-0.4, -0.2) is 58.8 Å². The van der Waals surface area contributed by atoms with Gasteiger partial charge in [-0.05, 0) is 5.56 Å². The molecule has 1 saturated heterocycles. The smallest absolute Gasteiger partial charge is 0.336 e. The number of carboxylic acids is 1. The van der Waals surface area contributed by atoms with Crippen molar-refractivity contribution in [1.29, 1.82) is 0 Å². The maximum atomic E-state index is 11.4. The first-order valence-corrected chi connectivity index (χ1v) is 7.86. The number of aliphatic hydroxyl groups excluding tert-OH is 1. The van der Waals surface area contributed by atoms with Crippen LogP contribution in [0.1, 0.15) is 19.4 Å². The minimum absolute atomic E-state index is 0.0140. The molecule has 1 heterocycles. The fourth-order valence-corrected chi connectivity index (χ4v) is 2.62. The van der Waals surface area contributed by atoms with Gasteiger partial charge in [-0.25, -0.2) is 4.79 Å². The molecule has 0 saturated carbocycles. The van der Waals surface area contributed by atoms with Gasteiger partial charge < -0.3 is 29.2 Å². The minimum atomic E-state index is -1.76. The molecule has 1 aliphatic heterocycles. The minimum Gasteiger partial charge on any atom is -0.479 e. The van der Waals surface area contributed by atoms with Crippen molar-refractivity contribution >= 4 is 17.9 Å². The lowest BCUT2D eigenvalue weighted by atomic mass is 9.98. The molecule has 0 unspecified atom stereocenters. The zero-order valence-electron chi connectivity index (χ0n) is 14.2. The predicted octanol–water partition coefficient (Wildman–Crippen LogP) is 0.237. The van der Waals surface area contributed by atoms with E-state index in [-0.39, 0.29) is 6.61 Å². The van der Waals surface area contributed by atoms with E-state index in [2.05, 4.69) is 0 Å². The van der Waals surface area contributed by atoms with E-state index in [0.29, 0.717) is 0 Å². The summed E-state index contributed by atoms with van der Waals surface area (Å²) in [5, 5.41) is 19.4. The van der Waals surface area contributed by atoms with E-state index < -0.39 is 48.6 Å². The van der Waals surface area contributed by atoms with Crippen LogP contribution in [0.25, 0.3) is 0 Å². The first-order chi connectivity index (χ1) is 12.3. The lowest BCUT2D eigenvalue weighted by Gasteiger charge is -2.41. The van der Waals surface area contributed by atoms with Crippen molar-refractivity contribution in [1.82, 2.24) is 0 Å². The Morgan fingerprint density at radius 1 is 1.00 bits per heavy atom. The molecule has 9 heteroatoms. The second-order valence-electron chi connectivity index (χ2n) is 5.69. The number of hydrogen-bond acceptors (Lipinski definition) is 8. The first kappa shape index (κ1) is 19.8. The molecule has 0 aromatic heterocycles. The molecule has 2 rings (SSSR count). The van der Waals surface area contributed by atoms with Crippen LogP contribution < -0.4 is 0 Å². The molecule has 26 heavy (non-hydrogen) atoms. The number of ether oxygens (including phenoxy) is 4. The summed E-state index contributed by atoms with van der Waals surface area (Å²) >= 11 is 0. The summed E-state index contributed by atoms with van der Waals surface area (Å²) in [5.74, 6) is -2.96. The summed E-state index contributed by atoms with van der Waals surface area (Å²) in [6.45, 7) is 2.23. The predicted molar refractivity (Wildman–Crippen MR) is 84.6 cm³/mol. The quantitative estimate of drug-likeness (QED) is 0.678. The number of carbonyl (C=O) groups excluding carboxylic acids is 2. The van der Waals surface area contributed by atoms with Gasteiger partial charge in [0.1, 0.15) is 6.10 Å². The van der Waals surface area contributed by atoms with Gasteiger partial charge in [0, 0.05) is 13.8 Å². The van der Waals surface area contributed by atoms with Crippen molar-refractivity contribution in [3.8, 4) is 0 Å². The van der Waals surface area contributed by atoms with Crippen LogP contribution in [0.2, 0.25) is 0 Å². The van der Waals surface area contributed by atoms with E-state index >= 15 is 0 Å². The molecular formula is C17H20O9. The highest BCUT2D eigenvalue weighted by atomic mass is 16.7. The first-order valence-electron chi connectivity index (χ1n) is 7.86. The molecule has 1 aromatic rings. The molecule has 5 atom stereocenters. The normalized spacial score (nSPS) is 28.2. The number of carboxylic acid groups (broad SMARTS) is 1. The van der Waals surface area contributed by atoms with Gasteiger partial charge in [-0.1, -0.05) is 30.3 Å². The van der Waals surface area contributed by atoms with E-state index in [1.54, 1.807) is 24.3 Å². The summed E-state index contributed by atoms with van der Waals surface area (Å²) in [5.41, 5.74) is 0.753. The second-order valence-corrected chi connectivity index (χ2v) is 5.69. The summed E-state index contributed by atoms with van der Waals surface area (Å²) < 4.78 is 20.7. The monoisotopic (exact) mass is 368 g/mol. The lowest BCUT2D eigenvalue weighted by Crippen LogP contribution is -2.62. The Morgan fingerprint density at radius 2 is 1.58 bits per heavy atom. The molecule has 1 aromatic carbocycles. The fraction of sp³-hybridized carbons (Fsp3) is 0.471. The van der Waals surface area contributed by atoms with Crippen molar-refractivity contribution in [3.63, 3.8) is 0 Å². The number of hydrogen-bond donors (Lipinski definition) is 2. The number of benzene rings is 1. The summed E-state index contributed by atoms with van der Waals surface area (Å²) in [6, 6.07) is 8.92. The number of aliphatic hydroxyl groups is 1. The van der Waals surface area contributed by atoms with Crippen molar-refractivity contribution in [2.45, 2.75) is 51.2 Å². The molecule has 1 fully saturated rings. The van der Waals surface area contributed by atoms with Crippen LogP contribution in [0.3, 0.4) is 0 Å². The van der Waals surface area contributed by atoms with Crippen LogP contribution in [0, 0.1) is 0 Å². The molecule has 2 N–H and O–H groups in total. The van der Waals surface area contributed by atoms with Crippen molar-refractivity contribution in [3.05, 3.63) is 35.9 Å². The summed E-state index contributed by atoms with van der Waals surface area (Å²) in [4.78, 5) is 34.2. The maximum Gasteiger partial charge on any atom is 0.336 e. The Labute approximate surface area is 149 Å². The molecule has 142 valence electrons. The van der Waals surface area contributed by atoms with Gasteiger partial charge in [0.15, 0.2) is 24.6 Å². The Morgan fingerprint density at radius 3 is 2.12 bits per heavy atom. The highest BCUT2D eigenvalue weighted by Gasteiger charge is 2.52. The standard InChI is InChI=1S/C17H20O9/c1-9(18)24-13-12(23-8-11-6-4-3-5-7-11)15(25-10(2)19)17(22)26-14(13)16(20)21/h3-7,12-15,17,22H,8H2,1-2H3,(H,20,21)/t12-,13-,14+,15+,17-/m0/s1. The average molecular weight is 368 g/mol. The number of aliphatic carboxylic acids is 1. The van der Waals surface area contributed by atoms with E-state index in [1.165, 1.54) is 0 Å². The summed E-state index contributed by atoms with van der Waals surface area (Å²) in [6.07, 6.45) is -7.46. The van der Waals surface area contributed by atoms with Crippen LogP contribution in [0.15, 0.2) is 30.3 Å². The summed E-state index contributed by atoms with van der Waals surface area (Å²) in [7, 11) is 0. The van der Waals surface area contributed by atoms with E-state index in [4.69, 9.17) is 18.9 Å². The van der Waals surface area contributed by atoms with Gasteiger partial charge in [-0.3, -0.25) is 9.59 Å². The van der Waals surface area contributed by atoms with Gasteiger partial charge in [0.2, 0.25) is 0 Å². The van der Waals surface area contributed by atoms with Gasteiger partial charge in [0.05, 0.1) is 6.61 Å². The third-order valence-corrected chi connectivity index (χ3v) is 3.65. The van der Waals surface area contributed by atoms with Crippen LogP contribution in [0.4, 0.5) is 0 Å². The second kappa shape index (κ2) is 8.75. The fourth-order valence-electron chi connectivity index (χ4n) is 2.62. The third-order valence-electron chi connectivity index (χ3n) is 3.65. The molecule has 0 aliphatic carbocycles. The highest BCUT2D eigenvalue weighted by molar-refractivity contribution is 5.75. The van der Waals surface area contributed by atoms with Crippen LogP contribution >= 0.6 is 0 Å². The molecule has 1 aliphatic rings. The Balaban J connectivity index is 2.29. The third kappa shape index (κ3) is 5.01. The zero-order valence-corrected chi connectivity index (χ0v) is 14.2. The van der Waals surface area contributed by atoms with Crippen LogP contribution in [0.5, 0.6) is 0 Å². The topological polar surface area (TPSA) is 129 Å². The molecule has 0 spiro atoms. The molecule has 0 amide bonds. The largest absolute Gasteiger partial charge is 0.479 e. The number of esters is 2. The van der Waals surface area contributed by atoms with E-state index in [0.717, 1.165) is 19.4 Å². The Kier molecular flexibility index (Phi) is 6.67. The lowest BCUT2D eigenvalue weighted by molar-refractivity contribution is -0.294. The molecule has 0 bridgehead atoms. The van der Waals surface area contributed by atoms with Crippen molar-refractivity contribution < 1.29 is 43.5 Å². The Hall–Kier alpha value is -2.49. The maximum absolute atomic E-state index is 11.4. The molecular weight excluding hydrogens is 348 g/mol. The average Bonchev–Trinajstić information content (AvgIpc) is 2.56. The van der Waals surface area contributed by atoms with Gasteiger partial charge >= 0.3 is 17.9 Å². The van der Waals surface area contributed by atoms with E-state index in [9.17, 15) is 24.6 Å². The van der Waals surface area contributed by atoms with Crippen LogP contribution in [-0.2, 0) is 39.9 Å². The van der Waals surface area contributed by atoms with Gasteiger partial charge in [-0.2, -0.15) is 0 Å². The van der Waals surface area contributed by atoms with Crippen molar-refractivity contribution in [2.75, 3.05) is 0 Å². The van der Waals surface area contributed by atoms with E-state index in [1.807, 2.05) is 6.07 Å². The number of carbonyl (C=O) groups is 3. The molecule has 0 radical (unpaired) electrons. The SMILES string of the molecule is CC(=O)O[C@@H]1[C@@H](OCc2ccccc2)[C@H](OC(C)=O)[C@H](C(=O)O)O[C@@H]1O. The van der Waals surface area contributed by atoms with Gasteiger partial charge in [-0.15, -0.1) is 0 Å². The van der Waals surface area contributed by atoms with Gasteiger partial charge in [0.25, 0.3) is 0 Å². The van der Waals surface area contributed by atoms with Crippen molar-refractivity contribution in [2.24, 2.45) is 0 Å². The zero-order chi connectivity index (χ0) is 19.3. The molecule has 9 nitrogen and oxygen atoms in total. The number of rotatable bonds is 6. The Bertz CT molecular complexity index is 645. The highest BCUT2D eigenvalue weighted by Crippen LogP contribution is 2.28.